The Labute approximate surface area is 337 Å². The van der Waals surface area contributed by atoms with Crippen LogP contribution in [-0.4, -0.2) is 0 Å². The lowest BCUT2D eigenvalue weighted by molar-refractivity contribution is 0.670. The summed E-state index contributed by atoms with van der Waals surface area (Å²) in [5.41, 5.74) is 14.4. The Bertz CT molecular complexity index is 3250. The van der Waals surface area contributed by atoms with Gasteiger partial charge in [0.15, 0.2) is 0 Å². The van der Waals surface area contributed by atoms with E-state index in [4.69, 9.17) is 4.42 Å². The fourth-order valence-electron chi connectivity index (χ4n) is 8.59. The van der Waals surface area contributed by atoms with Crippen molar-refractivity contribution in [2.24, 2.45) is 0 Å². The summed E-state index contributed by atoms with van der Waals surface area (Å²) in [5, 5.41) is 7.15. The quantitative estimate of drug-likeness (QED) is 0.162. The zero-order valence-electron chi connectivity index (χ0n) is 31.7. The largest absolute Gasteiger partial charge is 0.455 e. The van der Waals surface area contributed by atoms with E-state index in [1.165, 1.54) is 49.4 Å². The van der Waals surface area contributed by atoms with E-state index in [2.05, 4.69) is 223 Å². The van der Waals surface area contributed by atoms with Crippen LogP contribution in [0.1, 0.15) is 0 Å². The Morgan fingerprint density at radius 2 is 0.810 bits per heavy atom. The van der Waals surface area contributed by atoms with Crippen LogP contribution >= 0.6 is 0 Å². The molecule has 0 saturated heterocycles. The van der Waals surface area contributed by atoms with Crippen molar-refractivity contribution in [2.45, 2.75) is 0 Å². The molecule has 272 valence electrons. The fraction of sp³-hybridized carbons (Fsp3) is 0. The second kappa shape index (κ2) is 14.1. The van der Waals surface area contributed by atoms with Crippen LogP contribution in [0.2, 0.25) is 0 Å². The third kappa shape index (κ3) is 5.91. The highest BCUT2D eigenvalue weighted by atomic mass is 16.3. The molecule has 11 rings (SSSR count). The predicted octanol–water partition coefficient (Wildman–Crippen LogP) is 16.0. The first-order valence-electron chi connectivity index (χ1n) is 19.8. The normalized spacial score (nSPS) is 11.4. The smallest absolute Gasteiger partial charge is 0.143 e. The van der Waals surface area contributed by atoms with Crippen LogP contribution in [0.4, 0.5) is 17.1 Å². The minimum atomic E-state index is 0.901. The van der Waals surface area contributed by atoms with Crippen molar-refractivity contribution in [3.05, 3.63) is 224 Å². The lowest BCUT2D eigenvalue weighted by Gasteiger charge is -2.26. The number of anilines is 3. The van der Waals surface area contributed by atoms with Crippen molar-refractivity contribution in [3.63, 3.8) is 0 Å². The maximum Gasteiger partial charge on any atom is 0.143 e. The van der Waals surface area contributed by atoms with Crippen LogP contribution in [0, 0.1) is 0 Å². The average molecular weight is 740 g/mol. The summed E-state index contributed by atoms with van der Waals surface area (Å²) in [6.45, 7) is 0. The molecule has 1 heterocycles. The van der Waals surface area contributed by atoms with Gasteiger partial charge in [-0.15, -0.1) is 0 Å². The fourth-order valence-corrected chi connectivity index (χ4v) is 8.59. The number of rotatable bonds is 7. The Hall–Kier alpha value is -7.68. The molecular formula is C56H37NO. The molecule has 2 heteroatoms. The Balaban J connectivity index is 1.02. The number of para-hydroxylation sites is 2. The number of nitrogens with zero attached hydrogens (tertiary/aromatic N) is 1. The molecule has 10 aromatic carbocycles. The summed E-state index contributed by atoms with van der Waals surface area (Å²) in [4.78, 5) is 2.35. The van der Waals surface area contributed by atoms with Crippen molar-refractivity contribution in [1.29, 1.82) is 0 Å². The number of furan rings is 1. The van der Waals surface area contributed by atoms with Gasteiger partial charge in [0.1, 0.15) is 11.2 Å². The van der Waals surface area contributed by atoms with E-state index in [0.717, 1.165) is 55.7 Å². The van der Waals surface area contributed by atoms with Crippen LogP contribution < -0.4 is 4.90 Å². The standard InChI is InChI=1S/C56H37NO/c1-2-11-38(12-3-1)40-23-30-46(31-24-40)57(47-32-25-41(26-33-47)45-22-21-39-13-4-5-15-44(39)37-45)48-34-27-43(28-35-48)50-36-29-42-14-6-7-16-49(42)55(50)53-19-10-18-52-51-17-8-9-20-54(51)58-56(52)53/h1-37H. The van der Waals surface area contributed by atoms with Gasteiger partial charge in [0, 0.05) is 39.0 Å². The Morgan fingerprint density at radius 1 is 0.293 bits per heavy atom. The first-order chi connectivity index (χ1) is 28.7. The molecule has 11 aromatic rings. The average Bonchev–Trinajstić information content (AvgIpc) is 3.69. The molecule has 0 aliphatic carbocycles. The number of hydrogen-bond donors (Lipinski definition) is 0. The molecular weight excluding hydrogens is 703 g/mol. The molecule has 0 bridgehead atoms. The van der Waals surface area contributed by atoms with Gasteiger partial charge in [-0.05, 0) is 103 Å². The van der Waals surface area contributed by atoms with E-state index in [1.807, 2.05) is 6.07 Å². The summed E-state index contributed by atoms with van der Waals surface area (Å²) in [5.74, 6) is 0. The lowest BCUT2D eigenvalue weighted by atomic mass is 9.89. The summed E-state index contributed by atoms with van der Waals surface area (Å²) in [7, 11) is 0. The van der Waals surface area contributed by atoms with Crippen molar-refractivity contribution in [1.82, 2.24) is 0 Å². The molecule has 0 aliphatic rings. The highest BCUT2D eigenvalue weighted by molar-refractivity contribution is 6.14. The Morgan fingerprint density at radius 3 is 1.53 bits per heavy atom. The van der Waals surface area contributed by atoms with Gasteiger partial charge in [-0.2, -0.15) is 0 Å². The maximum atomic E-state index is 6.61. The van der Waals surface area contributed by atoms with E-state index in [-0.39, 0.29) is 0 Å². The molecule has 0 spiro atoms. The van der Waals surface area contributed by atoms with Gasteiger partial charge >= 0.3 is 0 Å². The minimum absolute atomic E-state index is 0.901. The molecule has 0 atom stereocenters. The van der Waals surface area contributed by atoms with Gasteiger partial charge < -0.3 is 9.32 Å². The van der Waals surface area contributed by atoms with E-state index >= 15 is 0 Å². The molecule has 0 amide bonds. The summed E-state index contributed by atoms with van der Waals surface area (Å²) in [6.07, 6.45) is 0. The van der Waals surface area contributed by atoms with E-state index in [1.54, 1.807) is 0 Å². The van der Waals surface area contributed by atoms with Crippen molar-refractivity contribution < 1.29 is 4.42 Å². The molecule has 0 N–H and O–H groups in total. The molecule has 0 aliphatic heterocycles. The van der Waals surface area contributed by atoms with Gasteiger partial charge in [-0.25, -0.2) is 0 Å². The van der Waals surface area contributed by atoms with Crippen LogP contribution in [0.25, 0.3) is 88.0 Å². The summed E-state index contributed by atoms with van der Waals surface area (Å²) in [6, 6.07) is 80.6. The topological polar surface area (TPSA) is 16.4 Å². The zero-order chi connectivity index (χ0) is 38.4. The second-order valence-electron chi connectivity index (χ2n) is 14.9. The number of fused-ring (bicyclic) bond motifs is 5. The van der Waals surface area contributed by atoms with Crippen LogP contribution in [-0.2, 0) is 0 Å². The monoisotopic (exact) mass is 739 g/mol. The molecule has 0 radical (unpaired) electrons. The maximum absolute atomic E-state index is 6.61. The first kappa shape index (κ1) is 33.6. The van der Waals surface area contributed by atoms with Crippen LogP contribution in [0.5, 0.6) is 0 Å². The Kier molecular flexibility index (Phi) is 8.19. The number of hydrogen-bond acceptors (Lipinski definition) is 2. The highest BCUT2D eigenvalue weighted by Crippen LogP contribution is 2.44. The third-order valence-electron chi connectivity index (χ3n) is 11.5. The van der Waals surface area contributed by atoms with Gasteiger partial charge in [0.05, 0.1) is 0 Å². The van der Waals surface area contributed by atoms with Crippen LogP contribution in [0.3, 0.4) is 0 Å². The van der Waals surface area contributed by atoms with Gasteiger partial charge in [0.25, 0.3) is 0 Å². The zero-order valence-corrected chi connectivity index (χ0v) is 31.7. The van der Waals surface area contributed by atoms with E-state index in [0.29, 0.717) is 0 Å². The molecule has 0 unspecified atom stereocenters. The predicted molar refractivity (Wildman–Crippen MR) is 245 cm³/mol. The van der Waals surface area contributed by atoms with E-state index in [9.17, 15) is 0 Å². The SMILES string of the molecule is c1ccc(-c2ccc(N(c3ccc(-c4ccc5ccccc5c4)cc3)c3ccc(-c4ccc5ccccc5c4-c4cccc5c4oc4ccccc45)cc3)cc2)cc1. The van der Waals surface area contributed by atoms with Crippen LogP contribution in [0.15, 0.2) is 229 Å². The third-order valence-corrected chi connectivity index (χ3v) is 11.5. The second-order valence-corrected chi connectivity index (χ2v) is 14.9. The summed E-state index contributed by atoms with van der Waals surface area (Å²) >= 11 is 0. The van der Waals surface area contributed by atoms with Gasteiger partial charge in [-0.3, -0.25) is 0 Å². The molecule has 58 heavy (non-hydrogen) atoms. The molecule has 0 fully saturated rings. The minimum Gasteiger partial charge on any atom is -0.455 e. The highest BCUT2D eigenvalue weighted by Gasteiger charge is 2.19. The first-order valence-corrected chi connectivity index (χ1v) is 19.8. The molecule has 2 nitrogen and oxygen atoms in total. The lowest BCUT2D eigenvalue weighted by Crippen LogP contribution is -2.09. The summed E-state index contributed by atoms with van der Waals surface area (Å²) < 4.78 is 6.61. The van der Waals surface area contributed by atoms with Gasteiger partial charge in [0.2, 0.25) is 0 Å². The van der Waals surface area contributed by atoms with E-state index < -0.39 is 0 Å². The molecule has 1 aromatic heterocycles. The number of benzene rings is 10. The van der Waals surface area contributed by atoms with Gasteiger partial charge in [-0.1, -0.05) is 176 Å². The molecule has 0 saturated carbocycles. The van der Waals surface area contributed by atoms with Crippen molar-refractivity contribution in [2.75, 3.05) is 4.90 Å². The van der Waals surface area contributed by atoms with Crippen molar-refractivity contribution >= 4 is 60.5 Å². The van der Waals surface area contributed by atoms with Crippen molar-refractivity contribution in [3.8, 4) is 44.5 Å².